The molecule has 0 spiro atoms. The van der Waals surface area contributed by atoms with Crippen LogP contribution in [0.25, 0.3) is 0 Å². The molecule has 0 unspecified atom stereocenters. The van der Waals surface area contributed by atoms with Crippen LogP contribution in [0.4, 0.5) is 0 Å². The van der Waals surface area contributed by atoms with E-state index >= 15 is 0 Å². The average Bonchev–Trinajstić information content (AvgIpc) is 2.17. The van der Waals surface area contributed by atoms with E-state index in [9.17, 15) is 0 Å². The van der Waals surface area contributed by atoms with Crippen LogP contribution < -0.4 is 23.0 Å². The standard InChI is InChI=1S/C14H14P.ClH.Mg/c1-11-5-3-7-13(9-11)15-14-8-4-6-12(2)10-14;;/h3-10H,1-2H3;1H;/q-1;;+2/p-1. The van der Waals surface area contributed by atoms with Crippen molar-refractivity contribution in [2.75, 3.05) is 0 Å². The molecule has 17 heavy (non-hydrogen) atoms. The third-order valence-corrected chi connectivity index (χ3v) is 3.33. The van der Waals surface area contributed by atoms with Gasteiger partial charge in [0.25, 0.3) is 0 Å². The first-order valence-corrected chi connectivity index (χ1v) is 5.98. The van der Waals surface area contributed by atoms with E-state index in [4.69, 9.17) is 0 Å². The smallest absolute Gasteiger partial charge is 1.00 e. The van der Waals surface area contributed by atoms with Gasteiger partial charge in [-0.05, 0) is 13.8 Å². The number of hydrogen-bond acceptors (Lipinski definition) is 0. The van der Waals surface area contributed by atoms with Gasteiger partial charge in [0.1, 0.15) is 0 Å². The van der Waals surface area contributed by atoms with Crippen molar-refractivity contribution in [3.63, 3.8) is 0 Å². The molecule has 0 atom stereocenters. The third-order valence-electron chi connectivity index (χ3n) is 2.26. The van der Waals surface area contributed by atoms with Crippen molar-refractivity contribution < 1.29 is 12.4 Å². The van der Waals surface area contributed by atoms with Gasteiger partial charge in [0.05, 0.1) is 0 Å². The van der Waals surface area contributed by atoms with Gasteiger partial charge in [-0.15, -0.1) is 0 Å². The Kier molecular flexibility index (Phi) is 8.07. The predicted molar refractivity (Wildman–Crippen MR) is 74.3 cm³/mol. The van der Waals surface area contributed by atoms with Gasteiger partial charge in [-0.1, -0.05) is 59.7 Å². The fourth-order valence-electron chi connectivity index (χ4n) is 1.54. The van der Waals surface area contributed by atoms with Crippen molar-refractivity contribution in [2.24, 2.45) is 0 Å². The average molecular weight is 273 g/mol. The summed E-state index contributed by atoms with van der Waals surface area (Å²) in [6.07, 6.45) is 0. The van der Waals surface area contributed by atoms with E-state index < -0.39 is 0 Å². The normalized spacial score (nSPS) is 9.06. The molecule has 0 aliphatic rings. The number of benzene rings is 2. The first-order valence-electron chi connectivity index (χ1n) is 5.09. The van der Waals surface area contributed by atoms with Crippen LogP contribution in [-0.2, 0) is 0 Å². The van der Waals surface area contributed by atoms with Crippen LogP contribution in [0.15, 0.2) is 48.5 Å². The summed E-state index contributed by atoms with van der Waals surface area (Å²) in [5.41, 5.74) is 2.65. The molecular formula is C14H14ClMgP. The number of aryl methyl sites for hydroxylation is 2. The minimum absolute atomic E-state index is 0. The summed E-state index contributed by atoms with van der Waals surface area (Å²) in [7, 11) is 1.29. The van der Waals surface area contributed by atoms with Gasteiger partial charge in [0.2, 0.25) is 0 Å². The summed E-state index contributed by atoms with van der Waals surface area (Å²) in [4.78, 5) is 0. The van der Waals surface area contributed by atoms with Crippen LogP contribution in [0.3, 0.4) is 0 Å². The summed E-state index contributed by atoms with van der Waals surface area (Å²) in [5.74, 6) is 0. The molecule has 2 rings (SSSR count). The van der Waals surface area contributed by atoms with Crippen molar-refractivity contribution in [1.82, 2.24) is 0 Å². The van der Waals surface area contributed by atoms with Gasteiger partial charge in [-0.3, -0.25) is 0 Å². The second-order valence-corrected chi connectivity index (χ2v) is 5.05. The molecule has 0 aromatic heterocycles. The molecule has 3 heteroatoms. The van der Waals surface area contributed by atoms with Crippen molar-refractivity contribution in [1.29, 1.82) is 0 Å². The fraction of sp³-hybridized carbons (Fsp3) is 0.143. The maximum absolute atomic E-state index is 2.24. The van der Waals surface area contributed by atoms with Crippen molar-refractivity contribution in [3.8, 4) is 0 Å². The van der Waals surface area contributed by atoms with Gasteiger partial charge in [-0.2, -0.15) is 10.6 Å². The van der Waals surface area contributed by atoms with Crippen molar-refractivity contribution in [3.05, 3.63) is 59.7 Å². The topological polar surface area (TPSA) is 0 Å². The van der Waals surface area contributed by atoms with Crippen molar-refractivity contribution in [2.45, 2.75) is 13.8 Å². The van der Waals surface area contributed by atoms with Gasteiger partial charge < -0.3 is 21.0 Å². The second-order valence-electron chi connectivity index (χ2n) is 3.79. The summed E-state index contributed by atoms with van der Waals surface area (Å²) in [6, 6.07) is 17.3. The molecule has 0 saturated carbocycles. The fourth-order valence-corrected chi connectivity index (χ4v) is 2.70. The zero-order valence-electron chi connectivity index (χ0n) is 10.2. The van der Waals surface area contributed by atoms with Gasteiger partial charge in [-0.25, -0.2) is 0 Å². The Balaban J connectivity index is 0.00000128. The Morgan fingerprint density at radius 2 is 1.18 bits per heavy atom. The first-order chi connectivity index (χ1) is 7.24. The van der Waals surface area contributed by atoms with Crippen molar-refractivity contribution >= 4 is 42.2 Å². The van der Waals surface area contributed by atoms with Crippen LogP contribution >= 0.6 is 8.58 Å². The molecular weight excluding hydrogens is 259 g/mol. The monoisotopic (exact) mass is 272 g/mol. The van der Waals surface area contributed by atoms with E-state index in [0.29, 0.717) is 0 Å². The molecule has 0 aliphatic heterocycles. The van der Waals surface area contributed by atoms with E-state index in [1.54, 1.807) is 0 Å². The van der Waals surface area contributed by atoms with Gasteiger partial charge in [0, 0.05) is 0 Å². The van der Waals surface area contributed by atoms with Crippen LogP contribution in [0.2, 0.25) is 0 Å². The Labute approximate surface area is 128 Å². The summed E-state index contributed by atoms with van der Waals surface area (Å²) >= 11 is 0. The molecule has 0 aliphatic carbocycles. The Morgan fingerprint density at radius 1 is 0.765 bits per heavy atom. The minimum Gasteiger partial charge on any atom is -1.00 e. The SMILES string of the molecule is Cc1cccc([P-]c2cccc(C)c2)c1.[Cl-].[Mg+2]. The molecule has 0 radical (unpaired) electrons. The van der Waals surface area contributed by atoms with E-state index in [2.05, 4.69) is 62.4 Å². The van der Waals surface area contributed by atoms with Crippen LogP contribution in [0.1, 0.15) is 11.1 Å². The quantitative estimate of drug-likeness (QED) is 0.526. The van der Waals surface area contributed by atoms with Gasteiger partial charge >= 0.3 is 23.1 Å². The van der Waals surface area contributed by atoms with Crippen LogP contribution in [-0.4, -0.2) is 23.1 Å². The predicted octanol–water partition coefficient (Wildman–Crippen LogP) is -0.176. The zero-order chi connectivity index (χ0) is 10.7. The number of halogens is 1. The molecule has 0 amide bonds. The van der Waals surface area contributed by atoms with Crippen LogP contribution in [0, 0.1) is 13.8 Å². The molecule has 0 N–H and O–H groups in total. The third kappa shape index (κ3) is 5.40. The summed E-state index contributed by atoms with van der Waals surface area (Å²) in [5, 5.41) is 2.72. The summed E-state index contributed by atoms with van der Waals surface area (Å²) in [6.45, 7) is 4.27. The minimum atomic E-state index is 0. The Bertz CT molecular complexity index is 428. The second kappa shape index (κ2) is 8.10. The number of rotatable bonds is 2. The van der Waals surface area contributed by atoms with E-state index in [0.717, 1.165) is 0 Å². The molecule has 0 fully saturated rings. The van der Waals surface area contributed by atoms with E-state index in [1.807, 2.05) is 0 Å². The van der Waals surface area contributed by atoms with E-state index in [1.165, 1.54) is 30.3 Å². The van der Waals surface area contributed by atoms with E-state index in [-0.39, 0.29) is 35.5 Å². The first kappa shape index (κ1) is 16.9. The molecule has 0 saturated heterocycles. The zero-order valence-corrected chi connectivity index (χ0v) is 13.2. The maximum atomic E-state index is 2.24. The Morgan fingerprint density at radius 3 is 1.53 bits per heavy atom. The summed E-state index contributed by atoms with van der Waals surface area (Å²) < 4.78 is 0. The molecule has 0 nitrogen and oxygen atoms in total. The number of hydrogen-bond donors (Lipinski definition) is 0. The molecule has 0 bridgehead atoms. The molecule has 84 valence electrons. The molecule has 0 heterocycles. The maximum Gasteiger partial charge on any atom is 2.00 e. The van der Waals surface area contributed by atoms with Gasteiger partial charge in [0.15, 0.2) is 0 Å². The molecule has 2 aromatic rings. The largest absolute Gasteiger partial charge is 2.00 e. The molecule has 2 aromatic carbocycles. The van der Waals surface area contributed by atoms with Crippen LogP contribution in [0.5, 0.6) is 0 Å². The Hall–Kier alpha value is -0.0738.